The standard InChI is InChI=1S/C26H23F3N2O3S/c1-13-10-15(11-19-17-9-8-16(26(27,28)29)12-20(17)30-23(19)32)14(2)31(13)24-22(25(33)34-3)18-6-4-5-7-21(18)35-24/h8-12H,4-7H2,1-3H3,(H,30,32)/b19-11+. The fourth-order valence-corrected chi connectivity index (χ4v) is 6.43. The van der Waals surface area contributed by atoms with Crippen LogP contribution in [0.3, 0.4) is 0 Å². The number of aromatic nitrogens is 1. The predicted octanol–water partition coefficient (Wildman–Crippen LogP) is 6.33. The number of esters is 1. The Morgan fingerprint density at radius 2 is 1.91 bits per heavy atom. The van der Waals surface area contributed by atoms with Crippen LogP contribution in [0, 0.1) is 13.8 Å². The van der Waals surface area contributed by atoms with Crippen LogP contribution >= 0.6 is 11.3 Å². The van der Waals surface area contributed by atoms with Gasteiger partial charge in [0.15, 0.2) is 0 Å². The number of halogens is 3. The van der Waals surface area contributed by atoms with E-state index in [-0.39, 0.29) is 11.7 Å². The number of thiophene rings is 1. The number of carbonyl (C=O) groups is 2. The molecule has 0 radical (unpaired) electrons. The van der Waals surface area contributed by atoms with E-state index in [1.54, 1.807) is 17.4 Å². The number of hydrogen-bond donors (Lipinski definition) is 1. The Kier molecular flexibility index (Phi) is 5.62. The normalized spacial score (nSPS) is 16.3. The zero-order valence-corrected chi connectivity index (χ0v) is 20.2. The molecule has 1 aliphatic carbocycles. The van der Waals surface area contributed by atoms with Crippen molar-refractivity contribution in [2.45, 2.75) is 45.7 Å². The Labute approximate surface area is 204 Å². The van der Waals surface area contributed by atoms with Crippen LogP contribution in [-0.4, -0.2) is 23.6 Å². The summed E-state index contributed by atoms with van der Waals surface area (Å²) in [5.74, 6) is -0.817. The van der Waals surface area contributed by atoms with Crippen LogP contribution in [0.5, 0.6) is 0 Å². The van der Waals surface area contributed by atoms with Gasteiger partial charge in [0.2, 0.25) is 0 Å². The van der Waals surface area contributed by atoms with Gasteiger partial charge in [-0.25, -0.2) is 4.79 Å². The number of hydrogen-bond acceptors (Lipinski definition) is 4. The Hall–Kier alpha value is -3.33. The van der Waals surface area contributed by atoms with E-state index in [1.807, 2.05) is 24.5 Å². The molecule has 3 aromatic rings. The van der Waals surface area contributed by atoms with Gasteiger partial charge in [0.05, 0.1) is 18.2 Å². The minimum Gasteiger partial charge on any atom is -0.465 e. The van der Waals surface area contributed by atoms with Crippen molar-refractivity contribution in [3.8, 4) is 5.00 Å². The first kappa shape index (κ1) is 23.4. The van der Waals surface area contributed by atoms with Gasteiger partial charge in [-0.3, -0.25) is 4.79 Å². The van der Waals surface area contributed by atoms with Crippen molar-refractivity contribution in [1.29, 1.82) is 0 Å². The summed E-state index contributed by atoms with van der Waals surface area (Å²) in [6, 6.07) is 5.17. The topological polar surface area (TPSA) is 60.3 Å². The van der Waals surface area contributed by atoms with Gasteiger partial charge in [0, 0.05) is 33.1 Å². The van der Waals surface area contributed by atoms with Crippen molar-refractivity contribution in [3.63, 3.8) is 0 Å². The van der Waals surface area contributed by atoms with Gasteiger partial charge in [0.1, 0.15) is 5.00 Å². The number of anilines is 1. The minimum absolute atomic E-state index is 0.142. The molecule has 1 aliphatic heterocycles. The predicted molar refractivity (Wildman–Crippen MR) is 129 cm³/mol. The number of benzene rings is 1. The number of carbonyl (C=O) groups excluding carboxylic acids is 2. The fraction of sp³-hybridized carbons (Fsp3) is 0.308. The highest BCUT2D eigenvalue weighted by Crippen LogP contribution is 2.41. The van der Waals surface area contributed by atoms with Crippen molar-refractivity contribution in [3.05, 3.63) is 68.3 Å². The second-order valence-electron chi connectivity index (χ2n) is 8.81. The summed E-state index contributed by atoms with van der Waals surface area (Å²) in [5, 5.41) is 3.34. The van der Waals surface area contributed by atoms with Gasteiger partial charge in [-0.2, -0.15) is 13.2 Å². The maximum Gasteiger partial charge on any atom is 0.416 e. The second kappa shape index (κ2) is 8.41. The van der Waals surface area contributed by atoms with E-state index >= 15 is 0 Å². The number of fused-ring (bicyclic) bond motifs is 2. The van der Waals surface area contributed by atoms with Crippen LogP contribution in [0.15, 0.2) is 24.3 Å². The molecule has 5 nitrogen and oxygen atoms in total. The maximum atomic E-state index is 13.1. The van der Waals surface area contributed by atoms with Crippen LogP contribution < -0.4 is 5.32 Å². The molecule has 35 heavy (non-hydrogen) atoms. The van der Waals surface area contributed by atoms with E-state index in [9.17, 15) is 22.8 Å². The lowest BCUT2D eigenvalue weighted by atomic mass is 9.95. The molecule has 2 aromatic heterocycles. The summed E-state index contributed by atoms with van der Waals surface area (Å²) in [6.45, 7) is 3.83. The van der Waals surface area contributed by atoms with Gasteiger partial charge in [-0.15, -0.1) is 11.3 Å². The monoisotopic (exact) mass is 500 g/mol. The van der Waals surface area contributed by atoms with Crippen molar-refractivity contribution >= 4 is 40.5 Å². The zero-order chi connectivity index (χ0) is 25.1. The number of alkyl halides is 3. The van der Waals surface area contributed by atoms with E-state index in [0.717, 1.165) is 65.3 Å². The van der Waals surface area contributed by atoms with Crippen LogP contribution in [-0.2, 0) is 28.5 Å². The quantitative estimate of drug-likeness (QED) is 0.338. The molecule has 0 saturated heterocycles. The van der Waals surface area contributed by atoms with E-state index in [1.165, 1.54) is 18.1 Å². The van der Waals surface area contributed by atoms with Crippen molar-refractivity contribution in [2.24, 2.45) is 0 Å². The molecule has 3 heterocycles. The van der Waals surface area contributed by atoms with Gasteiger partial charge in [-0.05, 0) is 74.9 Å². The SMILES string of the molecule is COC(=O)c1c(-n2c(C)cc(/C=C3/C(=O)Nc4cc(C(F)(F)F)ccc43)c2C)sc2c1CCCC2. The molecule has 0 spiro atoms. The summed E-state index contributed by atoms with van der Waals surface area (Å²) < 4.78 is 46.4. The number of amides is 1. The molecular formula is C26H23F3N2O3S. The first-order valence-electron chi connectivity index (χ1n) is 11.3. The van der Waals surface area contributed by atoms with E-state index in [2.05, 4.69) is 5.32 Å². The average molecular weight is 501 g/mol. The van der Waals surface area contributed by atoms with Crippen molar-refractivity contribution < 1.29 is 27.5 Å². The van der Waals surface area contributed by atoms with E-state index < -0.39 is 17.6 Å². The summed E-state index contributed by atoms with van der Waals surface area (Å²) in [6.07, 6.45) is 1.07. The molecule has 5 rings (SSSR count). The first-order valence-corrected chi connectivity index (χ1v) is 12.1. The summed E-state index contributed by atoms with van der Waals surface area (Å²) in [7, 11) is 1.38. The highest BCUT2D eigenvalue weighted by Gasteiger charge is 2.34. The molecule has 0 bridgehead atoms. The molecule has 0 fully saturated rings. The summed E-state index contributed by atoms with van der Waals surface area (Å²) in [4.78, 5) is 26.6. The molecule has 0 unspecified atom stereocenters. The number of methoxy groups -OCH3 is 1. The third-order valence-corrected chi connectivity index (χ3v) is 7.92. The largest absolute Gasteiger partial charge is 0.465 e. The Morgan fingerprint density at radius 3 is 2.63 bits per heavy atom. The number of rotatable bonds is 3. The molecule has 2 aliphatic rings. The smallest absolute Gasteiger partial charge is 0.416 e. The number of nitrogens with zero attached hydrogens (tertiary/aromatic N) is 1. The zero-order valence-electron chi connectivity index (χ0n) is 19.4. The second-order valence-corrected chi connectivity index (χ2v) is 9.90. The molecule has 0 saturated carbocycles. The first-order chi connectivity index (χ1) is 16.6. The van der Waals surface area contributed by atoms with Crippen molar-refractivity contribution in [1.82, 2.24) is 4.57 Å². The van der Waals surface area contributed by atoms with E-state index in [0.29, 0.717) is 16.7 Å². The summed E-state index contributed by atoms with van der Waals surface area (Å²) >= 11 is 1.59. The lowest BCUT2D eigenvalue weighted by molar-refractivity contribution is -0.137. The lowest BCUT2D eigenvalue weighted by Crippen LogP contribution is -2.11. The molecule has 182 valence electrons. The minimum atomic E-state index is -4.49. The fourth-order valence-electron chi connectivity index (χ4n) is 4.94. The Balaban J connectivity index is 1.61. The number of ether oxygens (including phenoxy) is 1. The van der Waals surface area contributed by atoms with Gasteiger partial charge < -0.3 is 14.6 Å². The maximum absolute atomic E-state index is 13.1. The molecule has 1 amide bonds. The third kappa shape index (κ3) is 3.87. The van der Waals surface area contributed by atoms with Crippen LogP contribution in [0.4, 0.5) is 18.9 Å². The van der Waals surface area contributed by atoms with Gasteiger partial charge in [-0.1, -0.05) is 6.07 Å². The number of nitrogens with one attached hydrogen (secondary N) is 1. The highest BCUT2D eigenvalue weighted by atomic mass is 32.1. The van der Waals surface area contributed by atoms with Gasteiger partial charge in [0.25, 0.3) is 5.91 Å². The van der Waals surface area contributed by atoms with Gasteiger partial charge >= 0.3 is 12.1 Å². The van der Waals surface area contributed by atoms with Crippen LogP contribution in [0.1, 0.15) is 61.7 Å². The third-order valence-electron chi connectivity index (χ3n) is 6.65. The molecule has 1 aromatic carbocycles. The lowest BCUT2D eigenvalue weighted by Gasteiger charge is -2.12. The number of aryl methyl sites for hydroxylation is 2. The van der Waals surface area contributed by atoms with Crippen LogP contribution in [0.25, 0.3) is 16.7 Å². The average Bonchev–Trinajstić information content (AvgIpc) is 3.43. The van der Waals surface area contributed by atoms with Crippen molar-refractivity contribution in [2.75, 3.05) is 12.4 Å². The highest BCUT2D eigenvalue weighted by molar-refractivity contribution is 7.15. The Morgan fingerprint density at radius 1 is 1.17 bits per heavy atom. The Bertz CT molecular complexity index is 1410. The molecule has 0 atom stereocenters. The van der Waals surface area contributed by atoms with Crippen LogP contribution in [0.2, 0.25) is 0 Å². The van der Waals surface area contributed by atoms with E-state index in [4.69, 9.17) is 4.74 Å². The summed E-state index contributed by atoms with van der Waals surface area (Å²) in [5.41, 5.74) is 4.16. The molecule has 1 N–H and O–H groups in total. The molecular weight excluding hydrogens is 477 g/mol. The molecule has 9 heteroatoms.